The fraction of sp³-hybridized carbons (Fsp3) is 0.806. The van der Waals surface area contributed by atoms with E-state index in [9.17, 15) is 9.59 Å². The van der Waals surface area contributed by atoms with Crippen LogP contribution in [0.5, 0.6) is 0 Å². The minimum absolute atomic E-state index is 0.00428. The summed E-state index contributed by atoms with van der Waals surface area (Å²) >= 11 is -0.553. The third-order valence-electron chi connectivity index (χ3n) is 22.1. The van der Waals surface area contributed by atoms with Crippen LogP contribution in [-0.2, 0) is 64.5 Å². The third kappa shape index (κ3) is 16.1. The van der Waals surface area contributed by atoms with Crippen molar-refractivity contribution in [3.63, 3.8) is 0 Å². The van der Waals surface area contributed by atoms with Crippen LogP contribution in [0.4, 0.5) is 5.69 Å². The van der Waals surface area contributed by atoms with Gasteiger partial charge in [-0.05, 0) is 110 Å². The third-order valence-corrected chi connectivity index (χ3v) is 59.9. The van der Waals surface area contributed by atoms with E-state index in [0.29, 0.717) is 11.8 Å². The number of nitrogens with zero attached hydrogens (tertiary/aromatic N) is 1. The zero-order valence-electron chi connectivity index (χ0n) is 56.5. The van der Waals surface area contributed by atoms with Crippen molar-refractivity contribution in [2.24, 2.45) is 3.50 Å². The van der Waals surface area contributed by atoms with E-state index in [1.54, 1.807) is 0 Å². The molecule has 12 rings (SSSR count). The van der Waals surface area contributed by atoms with Crippen molar-refractivity contribution in [1.29, 1.82) is 0 Å². The summed E-state index contributed by atoms with van der Waals surface area (Å²) in [7, 11) is -31.9. The van der Waals surface area contributed by atoms with Crippen LogP contribution >= 0.6 is 0 Å². The van der Waals surface area contributed by atoms with Crippen LogP contribution in [0.25, 0.3) is 0 Å². The van der Waals surface area contributed by atoms with Gasteiger partial charge in [-0.2, -0.15) is 0 Å². The number of hydrogen-bond acceptors (Lipinski definition) is 13. The van der Waals surface area contributed by atoms with Crippen molar-refractivity contribution in [3.8, 4) is 0 Å². The average Bonchev–Trinajstić information content (AvgIpc) is 0.759. The number of hydrogen-bond donors (Lipinski definition) is 2. The van der Waals surface area contributed by atoms with Gasteiger partial charge in [0.2, 0.25) is 0 Å². The van der Waals surface area contributed by atoms with Gasteiger partial charge in [-0.3, -0.25) is 0 Å². The van der Waals surface area contributed by atoms with E-state index in [4.69, 9.17) is 44.6 Å². The van der Waals surface area contributed by atoms with Gasteiger partial charge < -0.3 is 50.7 Å². The van der Waals surface area contributed by atoms with Crippen LogP contribution in [-0.4, -0.2) is 83.9 Å². The zero-order chi connectivity index (χ0) is 62.6. The number of fused-ring (bicyclic) bond motifs is 3. The molecule has 2 N–H and O–H groups in total. The fourth-order valence-electron chi connectivity index (χ4n) is 17.2. The SMILES string of the molecule is CC(C)c1cccc(C(C)C)c1[N]=[Mo]=[CH]C(C)(C)c1ccccc1.C[Si](C)(C)O[Si]1(C2CCCCC2)O[Si]2(C3CCCCC3)O[Si](O)(C3CCCCC3)O[Si]3(C4CCCCC4)O[Si](O)(C4CCCCC4)O[Si](C4CCCCC4)(O1)O[Si](C1CCCCC1)(O3)O2. The molecule has 4 atom stereocenters. The molecule has 4 unspecified atom stereocenters. The van der Waals surface area contributed by atoms with E-state index >= 15 is 0 Å². The average molecular weight is 1450 g/mol. The van der Waals surface area contributed by atoms with Crippen molar-refractivity contribution in [2.75, 3.05) is 0 Å². The van der Waals surface area contributed by atoms with Gasteiger partial charge in [0, 0.05) is 38.8 Å². The largest absolute Gasteiger partial charge is 0.486 e. The smallest absolute Gasteiger partial charge is 0.417 e. The van der Waals surface area contributed by atoms with Gasteiger partial charge >= 0.3 is 217 Å². The van der Waals surface area contributed by atoms with Crippen molar-refractivity contribution in [3.05, 3.63) is 65.2 Å². The van der Waals surface area contributed by atoms with Crippen LogP contribution in [0.2, 0.25) is 58.4 Å². The molecule has 13 nitrogen and oxygen atoms in total. The molecule has 89 heavy (non-hydrogen) atoms. The Kier molecular flexibility index (Phi) is 23.7. The van der Waals surface area contributed by atoms with Gasteiger partial charge in [-0.25, -0.2) is 0 Å². The summed E-state index contributed by atoms with van der Waals surface area (Å²) in [6, 6.07) is 17.4. The minimum Gasteiger partial charge on any atom is -0.417 e. The first-order chi connectivity index (χ1) is 42.6. The molecule has 2 aromatic rings. The Labute approximate surface area is 555 Å². The van der Waals surface area contributed by atoms with Crippen LogP contribution in [0.15, 0.2) is 52.0 Å². The minimum atomic E-state index is -4.37. The molecule has 0 spiro atoms. The molecule has 0 radical (unpaired) electrons. The first-order valence-corrected chi connectivity index (χ1v) is 54.6. The van der Waals surface area contributed by atoms with Gasteiger partial charge in [0.05, 0.1) is 0 Å². The normalized spacial score (nSPS) is 35.2. The Morgan fingerprint density at radius 2 is 0.730 bits per heavy atom. The second-order valence-corrected chi connectivity index (χ2v) is 59.5. The maximum Gasteiger partial charge on any atom is 0.486 e. The molecule has 0 aromatic heterocycles. The molecule has 3 saturated heterocycles. The van der Waals surface area contributed by atoms with Crippen LogP contribution in [0, 0.1) is 0 Å². The predicted molar refractivity (Wildman–Crippen MR) is 369 cm³/mol. The molecule has 10 aliphatic rings. The van der Waals surface area contributed by atoms with Crippen molar-refractivity contribution >= 4 is 80.0 Å². The van der Waals surface area contributed by atoms with Crippen molar-refractivity contribution in [1.82, 2.24) is 0 Å². The number of rotatable bonds is 14. The standard InChI is InChI=1S/C45H88O12Si8.C12H17N.C10H12.Mo/c1-58(2,3)48-61(41-29-15-6-16-30-41)53-63(43-33-19-8-20-34-43)51-59(46,39-25-11-4-12-26-39)49-62(42-31-17-7-18-32-42)50-60(47,40-27-13-5-14-28-40)52-64(54-61,44-35-21-9-22-36-44)57-65(55-62,56-63)45-37-23-10-24-38-45;1-8(2)10-6-5-7-11(9(3)4)12(10)13;1-10(2,3)9-7-5-4-6-8-9;/h39-47H,4-38H2,1-3H3;5-9H,1-4H3;1,4-8H,2-3H3;. The summed E-state index contributed by atoms with van der Waals surface area (Å²) < 4.78 is 90.2. The van der Waals surface area contributed by atoms with E-state index in [0.717, 1.165) is 212 Å². The molecule has 7 saturated carbocycles. The molecular formula is C67H117MoNO12Si8. The van der Waals surface area contributed by atoms with Gasteiger partial charge in [-0.1, -0.05) is 135 Å². The van der Waals surface area contributed by atoms with Crippen LogP contribution in [0.3, 0.4) is 0 Å². The van der Waals surface area contributed by atoms with E-state index in [1.807, 2.05) is 0 Å². The second kappa shape index (κ2) is 30.0. The zero-order valence-corrected chi connectivity index (χ0v) is 66.5. The molecule has 7 aliphatic carbocycles. The van der Waals surface area contributed by atoms with E-state index in [-0.39, 0.29) is 44.2 Å². The van der Waals surface area contributed by atoms with Crippen LogP contribution in [0.1, 0.15) is 295 Å². The molecule has 2 aromatic carbocycles. The molecule has 22 heteroatoms. The van der Waals surface area contributed by atoms with E-state index in [1.165, 1.54) is 35.2 Å². The van der Waals surface area contributed by atoms with Gasteiger partial charge in [0.25, 0.3) is 0 Å². The molecule has 3 aliphatic heterocycles. The maximum atomic E-state index is 14.3. The monoisotopic (exact) mass is 1450 g/mol. The second-order valence-electron chi connectivity index (χ2n) is 31.3. The summed E-state index contributed by atoms with van der Waals surface area (Å²) in [4.78, 5) is 28.6. The summed E-state index contributed by atoms with van der Waals surface area (Å²) in [6.07, 6.45) is 35.0. The number of benzene rings is 2. The topological polar surface area (TPSA) is 145 Å². The van der Waals surface area contributed by atoms with E-state index in [2.05, 4.69) is 114 Å². The molecule has 0 amide bonds. The molecule has 3 heterocycles. The van der Waals surface area contributed by atoms with Gasteiger partial charge in [-0.15, -0.1) is 0 Å². The summed E-state index contributed by atoms with van der Waals surface area (Å²) in [5.74, 6) is 1.02. The maximum absolute atomic E-state index is 14.3. The summed E-state index contributed by atoms with van der Waals surface area (Å²) in [6.45, 7) is 20.5. The Morgan fingerprint density at radius 3 is 1.06 bits per heavy atom. The summed E-state index contributed by atoms with van der Waals surface area (Å²) in [5.41, 5.74) is 4.75. The summed E-state index contributed by atoms with van der Waals surface area (Å²) in [5, 5.41) is 0. The Balaban J connectivity index is 0.000000286. The van der Waals surface area contributed by atoms with Crippen molar-refractivity contribution in [2.45, 2.75) is 342 Å². The predicted octanol–water partition coefficient (Wildman–Crippen LogP) is 19.5. The molecule has 4 bridgehead atoms. The molecule has 10 fully saturated rings. The quantitative estimate of drug-likeness (QED) is 0.174. The Bertz CT molecular complexity index is 2570. The first kappa shape index (κ1) is 70.4. The molecular weight excluding hydrogens is 1330 g/mol. The Morgan fingerprint density at radius 1 is 0.427 bits per heavy atom. The van der Waals surface area contributed by atoms with E-state index < -0.39 is 87.9 Å². The Hall–Kier alpha value is 0.0534. The van der Waals surface area contributed by atoms with Crippen molar-refractivity contribution < 1.29 is 68.7 Å². The molecule has 500 valence electrons. The van der Waals surface area contributed by atoms with Gasteiger partial charge in [0.1, 0.15) is 0 Å². The first-order valence-electron chi connectivity index (χ1n) is 36.5. The van der Waals surface area contributed by atoms with Gasteiger partial charge in [0.15, 0.2) is 8.32 Å². The van der Waals surface area contributed by atoms with Crippen LogP contribution < -0.4 is 0 Å². The fourth-order valence-corrected chi connectivity index (χ4v) is 66.6.